The van der Waals surface area contributed by atoms with Crippen LogP contribution in [0, 0.1) is 0 Å². The van der Waals surface area contributed by atoms with Crippen LogP contribution in [0.5, 0.6) is 0 Å². The predicted octanol–water partition coefficient (Wildman–Crippen LogP) is 4.74. The molecule has 1 amide bonds. The lowest BCUT2D eigenvalue weighted by Gasteiger charge is -2.05. The largest absolute Gasteiger partial charge is 0.380 e. The summed E-state index contributed by atoms with van der Waals surface area (Å²) in [6.45, 7) is 3.99. The van der Waals surface area contributed by atoms with Crippen LogP contribution in [0.2, 0.25) is 0 Å². The van der Waals surface area contributed by atoms with E-state index in [0.717, 1.165) is 27.2 Å². The van der Waals surface area contributed by atoms with Gasteiger partial charge in [-0.25, -0.2) is 0 Å². The van der Waals surface area contributed by atoms with Crippen molar-refractivity contribution in [1.82, 2.24) is 4.57 Å². The number of hydrogen-bond acceptors (Lipinski definition) is 4. The summed E-state index contributed by atoms with van der Waals surface area (Å²) in [4.78, 5) is 18.8. The van der Waals surface area contributed by atoms with E-state index < -0.39 is 0 Å². The second-order valence-electron chi connectivity index (χ2n) is 5.97. The number of amides is 1. The summed E-state index contributed by atoms with van der Waals surface area (Å²) in [6.07, 6.45) is 1.30. The number of thiazole rings is 1. The van der Waals surface area contributed by atoms with E-state index in [-0.39, 0.29) is 5.91 Å². The highest BCUT2D eigenvalue weighted by Crippen LogP contribution is 2.19. The van der Waals surface area contributed by atoms with Crippen LogP contribution in [-0.2, 0) is 16.1 Å². The van der Waals surface area contributed by atoms with Gasteiger partial charge >= 0.3 is 0 Å². The molecule has 142 valence electrons. The van der Waals surface area contributed by atoms with Crippen LogP contribution in [-0.4, -0.2) is 29.4 Å². The Kier molecular flexibility index (Phi) is 7.68. The Hall–Kier alpha value is -1.89. The molecule has 0 saturated carbocycles. The van der Waals surface area contributed by atoms with Gasteiger partial charge in [0.25, 0.3) is 0 Å². The third-order valence-corrected chi connectivity index (χ3v) is 6.18. The molecule has 0 unspecified atom stereocenters. The van der Waals surface area contributed by atoms with Gasteiger partial charge < -0.3 is 9.30 Å². The van der Waals surface area contributed by atoms with Gasteiger partial charge in [-0.2, -0.15) is 4.99 Å². The first-order valence-corrected chi connectivity index (χ1v) is 11.0. The van der Waals surface area contributed by atoms with Crippen molar-refractivity contribution in [2.24, 2.45) is 4.99 Å². The van der Waals surface area contributed by atoms with Crippen molar-refractivity contribution in [3.8, 4) is 0 Å². The molecule has 0 aliphatic carbocycles. The zero-order valence-corrected chi connectivity index (χ0v) is 17.1. The zero-order chi connectivity index (χ0) is 18.9. The molecule has 4 nitrogen and oxygen atoms in total. The van der Waals surface area contributed by atoms with Gasteiger partial charge in [-0.05, 0) is 43.4 Å². The number of thioether (sulfide) groups is 1. The summed E-state index contributed by atoms with van der Waals surface area (Å²) >= 11 is 3.34. The average molecular weight is 401 g/mol. The average Bonchev–Trinajstić information content (AvgIpc) is 3.03. The number of benzene rings is 2. The molecular formula is C21H24N2O2S2. The molecule has 27 heavy (non-hydrogen) atoms. The number of carbonyl (C=O) groups excluding carboxylic acids is 1. The first-order valence-electron chi connectivity index (χ1n) is 9.19. The molecule has 6 heteroatoms. The number of ether oxygens (including phenoxy) is 1. The Morgan fingerprint density at radius 3 is 2.74 bits per heavy atom. The molecule has 3 rings (SSSR count). The highest BCUT2D eigenvalue weighted by atomic mass is 32.2. The quantitative estimate of drug-likeness (QED) is 0.385. The minimum Gasteiger partial charge on any atom is -0.380 e. The summed E-state index contributed by atoms with van der Waals surface area (Å²) in [5, 5.41) is 0. The van der Waals surface area contributed by atoms with E-state index in [1.54, 1.807) is 23.1 Å². The maximum atomic E-state index is 12.4. The molecule has 0 fully saturated rings. The van der Waals surface area contributed by atoms with Crippen molar-refractivity contribution < 1.29 is 9.53 Å². The molecule has 3 aromatic rings. The molecule has 0 radical (unpaired) electrons. The molecule has 0 saturated heterocycles. The van der Waals surface area contributed by atoms with Crippen LogP contribution < -0.4 is 4.80 Å². The number of carbonyl (C=O) groups is 1. The molecule has 1 heterocycles. The van der Waals surface area contributed by atoms with Gasteiger partial charge in [0.1, 0.15) is 0 Å². The van der Waals surface area contributed by atoms with Gasteiger partial charge in [0.2, 0.25) is 5.91 Å². The topological polar surface area (TPSA) is 43.6 Å². The van der Waals surface area contributed by atoms with Gasteiger partial charge in [-0.15, -0.1) is 11.8 Å². The molecule has 0 spiro atoms. The van der Waals surface area contributed by atoms with Crippen molar-refractivity contribution in [2.45, 2.75) is 31.2 Å². The van der Waals surface area contributed by atoms with Gasteiger partial charge in [-0.1, -0.05) is 41.7 Å². The minimum absolute atomic E-state index is 0.0552. The van der Waals surface area contributed by atoms with E-state index in [0.29, 0.717) is 26.2 Å². The fourth-order valence-corrected chi connectivity index (χ4v) is 4.66. The number of aromatic nitrogens is 1. The lowest BCUT2D eigenvalue weighted by Crippen LogP contribution is -2.19. The van der Waals surface area contributed by atoms with E-state index in [2.05, 4.69) is 33.8 Å². The van der Waals surface area contributed by atoms with Crippen LogP contribution in [0.15, 0.2) is 64.5 Å². The third-order valence-electron chi connectivity index (χ3n) is 4.02. The molecule has 1 aromatic heterocycles. The Bertz CT molecular complexity index is 932. The second-order valence-corrected chi connectivity index (χ2v) is 8.15. The highest BCUT2D eigenvalue weighted by Gasteiger charge is 2.07. The normalized spacial score (nSPS) is 12.0. The molecule has 0 bridgehead atoms. The Labute approximate surface area is 167 Å². The van der Waals surface area contributed by atoms with Crippen molar-refractivity contribution in [3.63, 3.8) is 0 Å². The monoisotopic (exact) mass is 400 g/mol. The smallest absolute Gasteiger partial charge is 0.248 e. The highest BCUT2D eigenvalue weighted by molar-refractivity contribution is 7.99. The molecule has 0 aliphatic heterocycles. The number of para-hydroxylation sites is 1. The summed E-state index contributed by atoms with van der Waals surface area (Å²) in [5.41, 5.74) is 1.10. The number of nitrogens with zero attached hydrogens (tertiary/aromatic N) is 2. The lowest BCUT2D eigenvalue weighted by atomic mass is 10.3. The molecule has 2 aromatic carbocycles. The van der Waals surface area contributed by atoms with Crippen molar-refractivity contribution in [3.05, 3.63) is 59.4 Å². The Morgan fingerprint density at radius 1 is 1.15 bits per heavy atom. The fraction of sp³-hybridized carbons (Fsp3) is 0.333. The molecule has 0 N–H and O–H groups in total. The van der Waals surface area contributed by atoms with Crippen molar-refractivity contribution in [2.75, 3.05) is 19.0 Å². The first kappa shape index (κ1) is 19.9. The van der Waals surface area contributed by atoms with Crippen LogP contribution in [0.3, 0.4) is 0 Å². The Balaban J connectivity index is 1.64. The van der Waals surface area contributed by atoms with Gasteiger partial charge in [-0.3, -0.25) is 4.79 Å². The number of fused-ring (bicyclic) bond motifs is 1. The second kappa shape index (κ2) is 10.4. The summed E-state index contributed by atoms with van der Waals surface area (Å²) in [7, 11) is 0. The summed E-state index contributed by atoms with van der Waals surface area (Å²) in [6, 6.07) is 18.4. The van der Waals surface area contributed by atoms with Gasteiger partial charge in [0.15, 0.2) is 4.80 Å². The van der Waals surface area contributed by atoms with E-state index in [1.807, 2.05) is 37.3 Å². The Morgan fingerprint density at radius 2 is 1.93 bits per heavy atom. The lowest BCUT2D eigenvalue weighted by molar-refractivity contribution is -0.118. The summed E-state index contributed by atoms with van der Waals surface area (Å²) < 4.78 is 8.72. The van der Waals surface area contributed by atoms with E-state index in [9.17, 15) is 4.79 Å². The van der Waals surface area contributed by atoms with Crippen LogP contribution in [0.4, 0.5) is 0 Å². The van der Waals surface area contributed by atoms with Crippen LogP contribution >= 0.6 is 23.1 Å². The van der Waals surface area contributed by atoms with Crippen LogP contribution in [0.1, 0.15) is 19.8 Å². The SMILES string of the molecule is CCOCCn1c(=NC(=O)CCCSc2ccccc2)sc2ccccc21. The summed E-state index contributed by atoms with van der Waals surface area (Å²) in [5.74, 6) is 0.863. The van der Waals surface area contributed by atoms with E-state index in [1.165, 1.54) is 4.90 Å². The van der Waals surface area contributed by atoms with Gasteiger partial charge in [0.05, 0.1) is 16.8 Å². The van der Waals surface area contributed by atoms with Crippen molar-refractivity contribution >= 4 is 39.2 Å². The van der Waals surface area contributed by atoms with E-state index >= 15 is 0 Å². The molecular weight excluding hydrogens is 376 g/mol. The first-order chi connectivity index (χ1) is 13.3. The van der Waals surface area contributed by atoms with Gasteiger partial charge in [0, 0.05) is 24.5 Å². The van der Waals surface area contributed by atoms with Crippen LogP contribution in [0.25, 0.3) is 10.2 Å². The minimum atomic E-state index is -0.0552. The maximum absolute atomic E-state index is 12.4. The maximum Gasteiger partial charge on any atom is 0.248 e. The van der Waals surface area contributed by atoms with E-state index in [4.69, 9.17) is 4.74 Å². The third kappa shape index (κ3) is 5.79. The number of rotatable bonds is 9. The predicted molar refractivity (Wildman–Crippen MR) is 113 cm³/mol. The zero-order valence-electron chi connectivity index (χ0n) is 15.5. The number of hydrogen-bond donors (Lipinski definition) is 0. The fourth-order valence-electron chi connectivity index (χ4n) is 2.72. The standard InChI is InChI=1S/C21H24N2O2S2/c1-2-25-15-14-23-18-11-6-7-12-19(18)27-21(23)22-20(24)13-8-16-26-17-9-4-3-5-10-17/h3-7,9-12H,2,8,13-16H2,1H3. The molecule has 0 atom stereocenters. The molecule has 0 aliphatic rings. The van der Waals surface area contributed by atoms with Crippen molar-refractivity contribution in [1.29, 1.82) is 0 Å².